The molecular formula is C17H22N2. The first kappa shape index (κ1) is 13.6. The van der Waals surface area contributed by atoms with E-state index in [1.165, 1.54) is 16.7 Å². The minimum Gasteiger partial charge on any atom is -0.305 e. The number of benzene rings is 1. The SMILES string of the molecule is CC1=CCC(c2ccccc2/C=N/NC(C)(C)C)=C1. The molecule has 1 aromatic rings. The highest BCUT2D eigenvalue weighted by molar-refractivity contribution is 5.89. The van der Waals surface area contributed by atoms with Gasteiger partial charge in [0.05, 0.1) is 6.21 Å². The Hall–Kier alpha value is -1.83. The first-order chi connectivity index (χ1) is 8.96. The molecule has 0 fully saturated rings. The van der Waals surface area contributed by atoms with Gasteiger partial charge in [-0.1, -0.05) is 42.0 Å². The summed E-state index contributed by atoms with van der Waals surface area (Å²) in [5.74, 6) is 0. The van der Waals surface area contributed by atoms with Crippen LogP contribution in [0.4, 0.5) is 0 Å². The van der Waals surface area contributed by atoms with Crippen molar-refractivity contribution >= 4 is 11.8 Å². The lowest BCUT2D eigenvalue weighted by atomic mass is 9.99. The van der Waals surface area contributed by atoms with Crippen molar-refractivity contribution in [2.75, 3.05) is 0 Å². The third-order valence-corrected chi connectivity index (χ3v) is 2.96. The predicted octanol–water partition coefficient (Wildman–Crippen LogP) is 4.14. The third kappa shape index (κ3) is 3.82. The molecule has 2 rings (SSSR count). The van der Waals surface area contributed by atoms with Crippen LogP contribution in [0.25, 0.3) is 5.57 Å². The molecule has 1 aliphatic carbocycles. The number of hydrogen-bond acceptors (Lipinski definition) is 2. The lowest BCUT2D eigenvalue weighted by molar-refractivity contribution is 0.442. The van der Waals surface area contributed by atoms with Gasteiger partial charge in [-0.15, -0.1) is 0 Å². The van der Waals surface area contributed by atoms with Crippen LogP contribution in [-0.2, 0) is 0 Å². The van der Waals surface area contributed by atoms with Crippen LogP contribution < -0.4 is 5.43 Å². The average Bonchev–Trinajstić information content (AvgIpc) is 2.75. The molecule has 0 saturated carbocycles. The number of rotatable bonds is 3. The summed E-state index contributed by atoms with van der Waals surface area (Å²) in [6, 6.07) is 8.41. The van der Waals surface area contributed by atoms with E-state index in [0.717, 1.165) is 12.0 Å². The second-order valence-electron chi connectivity index (χ2n) is 6.03. The van der Waals surface area contributed by atoms with Crippen molar-refractivity contribution in [3.05, 3.63) is 53.1 Å². The normalized spacial score (nSPS) is 15.6. The lowest BCUT2D eigenvalue weighted by Gasteiger charge is -2.17. The molecular weight excluding hydrogens is 232 g/mol. The fraction of sp³-hybridized carbons (Fsp3) is 0.353. The molecule has 0 unspecified atom stereocenters. The van der Waals surface area contributed by atoms with Crippen LogP contribution in [-0.4, -0.2) is 11.8 Å². The van der Waals surface area contributed by atoms with E-state index in [2.05, 4.69) is 74.6 Å². The number of allylic oxidation sites excluding steroid dienone is 4. The van der Waals surface area contributed by atoms with E-state index < -0.39 is 0 Å². The highest BCUT2D eigenvalue weighted by atomic mass is 15.3. The molecule has 0 saturated heterocycles. The first-order valence-corrected chi connectivity index (χ1v) is 6.73. The Morgan fingerprint density at radius 1 is 1.21 bits per heavy atom. The molecule has 2 nitrogen and oxygen atoms in total. The van der Waals surface area contributed by atoms with Crippen molar-refractivity contribution in [2.45, 2.75) is 39.7 Å². The predicted molar refractivity (Wildman–Crippen MR) is 83.3 cm³/mol. The molecule has 100 valence electrons. The zero-order valence-corrected chi connectivity index (χ0v) is 12.2. The van der Waals surface area contributed by atoms with Gasteiger partial charge in [-0.2, -0.15) is 5.10 Å². The monoisotopic (exact) mass is 254 g/mol. The molecule has 2 heteroatoms. The fourth-order valence-electron chi connectivity index (χ4n) is 2.05. The van der Waals surface area contributed by atoms with E-state index in [1.807, 2.05) is 6.21 Å². The third-order valence-electron chi connectivity index (χ3n) is 2.96. The van der Waals surface area contributed by atoms with E-state index in [9.17, 15) is 0 Å². The van der Waals surface area contributed by atoms with Crippen LogP contribution in [0.1, 0.15) is 45.2 Å². The van der Waals surface area contributed by atoms with E-state index in [-0.39, 0.29) is 5.54 Å². The van der Waals surface area contributed by atoms with E-state index in [4.69, 9.17) is 0 Å². The Balaban J connectivity index is 2.20. The Morgan fingerprint density at radius 3 is 2.58 bits per heavy atom. The van der Waals surface area contributed by atoms with Gasteiger partial charge in [0, 0.05) is 11.1 Å². The van der Waals surface area contributed by atoms with Gasteiger partial charge in [0.15, 0.2) is 0 Å². The molecule has 0 radical (unpaired) electrons. The Labute approximate surface area is 115 Å². The summed E-state index contributed by atoms with van der Waals surface area (Å²) < 4.78 is 0. The molecule has 0 bridgehead atoms. The summed E-state index contributed by atoms with van der Waals surface area (Å²) in [5.41, 5.74) is 8.28. The smallest absolute Gasteiger partial charge is 0.0546 e. The van der Waals surface area contributed by atoms with Gasteiger partial charge in [-0.05, 0) is 45.3 Å². The van der Waals surface area contributed by atoms with Crippen molar-refractivity contribution in [1.29, 1.82) is 0 Å². The van der Waals surface area contributed by atoms with Crippen molar-refractivity contribution in [2.24, 2.45) is 5.10 Å². The number of hydrogen-bond donors (Lipinski definition) is 1. The maximum atomic E-state index is 4.34. The minimum absolute atomic E-state index is 0.00376. The summed E-state index contributed by atoms with van der Waals surface area (Å²) in [4.78, 5) is 0. The van der Waals surface area contributed by atoms with Gasteiger partial charge in [-0.25, -0.2) is 0 Å². The van der Waals surface area contributed by atoms with Crippen LogP contribution in [0.2, 0.25) is 0 Å². The quantitative estimate of drug-likeness (QED) is 0.636. The van der Waals surface area contributed by atoms with Gasteiger partial charge < -0.3 is 5.43 Å². The molecule has 0 aromatic heterocycles. The van der Waals surface area contributed by atoms with Crippen molar-refractivity contribution in [3.63, 3.8) is 0 Å². The first-order valence-electron chi connectivity index (χ1n) is 6.73. The molecule has 0 amide bonds. The summed E-state index contributed by atoms with van der Waals surface area (Å²) in [5, 5.41) is 4.34. The zero-order chi connectivity index (χ0) is 13.9. The number of nitrogens with one attached hydrogen (secondary N) is 1. The summed E-state index contributed by atoms with van der Waals surface area (Å²) >= 11 is 0. The standard InChI is InChI=1S/C17H22N2/c1-13-9-10-14(11-13)16-8-6-5-7-15(16)12-18-19-17(2,3)4/h5-9,11-12,19H,10H2,1-4H3/b18-12+. The van der Waals surface area contributed by atoms with Crippen molar-refractivity contribution < 1.29 is 0 Å². The maximum absolute atomic E-state index is 4.34. The van der Waals surface area contributed by atoms with E-state index in [0.29, 0.717) is 0 Å². The summed E-state index contributed by atoms with van der Waals surface area (Å²) in [7, 11) is 0. The Kier molecular flexibility index (Phi) is 3.89. The maximum Gasteiger partial charge on any atom is 0.0546 e. The molecule has 0 aliphatic heterocycles. The van der Waals surface area contributed by atoms with Crippen LogP contribution in [0.3, 0.4) is 0 Å². The largest absolute Gasteiger partial charge is 0.305 e. The van der Waals surface area contributed by atoms with Crippen molar-refractivity contribution in [3.8, 4) is 0 Å². The zero-order valence-electron chi connectivity index (χ0n) is 12.2. The summed E-state index contributed by atoms with van der Waals surface area (Å²) in [6.07, 6.45) is 7.44. The minimum atomic E-state index is -0.00376. The second-order valence-corrected chi connectivity index (χ2v) is 6.03. The molecule has 1 aromatic carbocycles. The molecule has 1 N–H and O–H groups in total. The lowest BCUT2D eigenvalue weighted by Crippen LogP contribution is -2.31. The van der Waals surface area contributed by atoms with Gasteiger partial charge >= 0.3 is 0 Å². The number of hydrazone groups is 1. The molecule has 0 atom stereocenters. The van der Waals surface area contributed by atoms with Crippen LogP contribution in [0.5, 0.6) is 0 Å². The van der Waals surface area contributed by atoms with Crippen molar-refractivity contribution in [1.82, 2.24) is 5.43 Å². The molecule has 1 aliphatic rings. The number of nitrogens with zero attached hydrogens (tertiary/aromatic N) is 1. The molecule has 0 heterocycles. The van der Waals surface area contributed by atoms with Crippen LogP contribution in [0, 0.1) is 0 Å². The second kappa shape index (κ2) is 5.43. The van der Waals surface area contributed by atoms with Crippen LogP contribution in [0.15, 0.2) is 47.1 Å². The van der Waals surface area contributed by atoms with Gasteiger partial charge in [0.1, 0.15) is 0 Å². The van der Waals surface area contributed by atoms with E-state index >= 15 is 0 Å². The molecule has 19 heavy (non-hydrogen) atoms. The van der Waals surface area contributed by atoms with Gasteiger partial charge in [-0.3, -0.25) is 0 Å². The van der Waals surface area contributed by atoms with Gasteiger partial charge in [0.2, 0.25) is 0 Å². The topological polar surface area (TPSA) is 24.4 Å². The Bertz CT molecular complexity index is 543. The van der Waals surface area contributed by atoms with Crippen LogP contribution >= 0.6 is 0 Å². The van der Waals surface area contributed by atoms with Gasteiger partial charge in [0.25, 0.3) is 0 Å². The highest BCUT2D eigenvalue weighted by Crippen LogP contribution is 2.28. The highest BCUT2D eigenvalue weighted by Gasteiger charge is 2.10. The molecule has 0 spiro atoms. The fourth-order valence-corrected chi connectivity index (χ4v) is 2.05. The van der Waals surface area contributed by atoms with E-state index in [1.54, 1.807) is 0 Å². The Morgan fingerprint density at radius 2 is 1.95 bits per heavy atom. The summed E-state index contributed by atoms with van der Waals surface area (Å²) in [6.45, 7) is 8.44. The average molecular weight is 254 g/mol.